The largest absolute Gasteiger partial charge is 0.493 e. The molecule has 108 valence electrons. The quantitative estimate of drug-likeness (QED) is 0.890. The van der Waals surface area contributed by atoms with E-state index in [4.69, 9.17) is 4.74 Å². The van der Waals surface area contributed by atoms with Crippen molar-refractivity contribution in [3.63, 3.8) is 0 Å². The first kappa shape index (κ1) is 13.6. The second-order valence-electron chi connectivity index (χ2n) is 5.05. The molecule has 0 saturated carbocycles. The van der Waals surface area contributed by atoms with Crippen LogP contribution in [0.4, 0.5) is 0 Å². The highest BCUT2D eigenvalue weighted by Crippen LogP contribution is 2.30. The van der Waals surface area contributed by atoms with Gasteiger partial charge in [-0.25, -0.2) is 8.42 Å². The molecule has 6 heteroatoms. The zero-order chi connectivity index (χ0) is 14.2. The minimum Gasteiger partial charge on any atom is -0.493 e. The Morgan fingerprint density at radius 2 is 2.10 bits per heavy atom. The molecule has 1 aromatic carbocycles. The standard InChI is InChI=1S/C14H17NO4S/c16-12-5-7-15(10-12)20(17,18)13-6-8-19-14-4-2-1-3-11(14)9-13/h1-4,9,12,16H,5-8,10H2/t12-/m1/s1. The molecule has 1 N–H and O–H groups in total. The van der Waals surface area contributed by atoms with Gasteiger partial charge in [0.25, 0.3) is 0 Å². The molecule has 1 fully saturated rings. The highest BCUT2D eigenvalue weighted by Gasteiger charge is 2.33. The van der Waals surface area contributed by atoms with E-state index in [2.05, 4.69) is 0 Å². The van der Waals surface area contributed by atoms with Gasteiger partial charge < -0.3 is 9.84 Å². The summed E-state index contributed by atoms with van der Waals surface area (Å²) in [6.45, 7) is 0.907. The number of aliphatic hydroxyl groups is 1. The van der Waals surface area contributed by atoms with Gasteiger partial charge in [0.05, 0.1) is 17.6 Å². The number of sulfonamides is 1. The van der Waals surface area contributed by atoms with Crippen molar-refractivity contribution in [3.05, 3.63) is 34.7 Å². The van der Waals surface area contributed by atoms with Gasteiger partial charge in [-0.2, -0.15) is 4.31 Å². The van der Waals surface area contributed by atoms with E-state index in [1.165, 1.54) is 4.31 Å². The van der Waals surface area contributed by atoms with Gasteiger partial charge in [-0.05, 0) is 18.6 Å². The Labute approximate surface area is 118 Å². The molecular formula is C14H17NO4S. The zero-order valence-electron chi connectivity index (χ0n) is 11.0. The van der Waals surface area contributed by atoms with Gasteiger partial charge >= 0.3 is 0 Å². The fraction of sp³-hybridized carbons (Fsp3) is 0.429. The molecule has 0 amide bonds. The van der Waals surface area contributed by atoms with E-state index in [0.29, 0.717) is 36.6 Å². The normalized spacial score (nSPS) is 23.6. The van der Waals surface area contributed by atoms with Gasteiger partial charge in [-0.1, -0.05) is 18.2 Å². The van der Waals surface area contributed by atoms with E-state index in [1.807, 2.05) is 24.3 Å². The zero-order valence-corrected chi connectivity index (χ0v) is 11.8. The maximum absolute atomic E-state index is 12.6. The summed E-state index contributed by atoms with van der Waals surface area (Å²) >= 11 is 0. The topological polar surface area (TPSA) is 66.8 Å². The van der Waals surface area contributed by atoms with E-state index < -0.39 is 16.1 Å². The number of hydrogen-bond donors (Lipinski definition) is 1. The predicted octanol–water partition coefficient (Wildman–Crippen LogP) is 1.21. The summed E-state index contributed by atoms with van der Waals surface area (Å²) in [6.07, 6.45) is 1.98. The summed E-state index contributed by atoms with van der Waals surface area (Å²) in [5, 5.41) is 9.52. The molecule has 0 unspecified atom stereocenters. The average molecular weight is 295 g/mol. The van der Waals surface area contributed by atoms with Crippen molar-refractivity contribution in [2.75, 3.05) is 19.7 Å². The summed E-state index contributed by atoms with van der Waals surface area (Å²) in [5.74, 6) is 0.708. The van der Waals surface area contributed by atoms with Crippen LogP contribution in [0.1, 0.15) is 18.4 Å². The minimum atomic E-state index is -3.51. The number of hydrogen-bond acceptors (Lipinski definition) is 4. The lowest BCUT2D eigenvalue weighted by Gasteiger charge is -2.17. The first-order chi connectivity index (χ1) is 9.57. The monoisotopic (exact) mass is 295 g/mol. The Morgan fingerprint density at radius 1 is 1.30 bits per heavy atom. The lowest BCUT2D eigenvalue weighted by Crippen LogP contribution is -2.31. The van der Waals surface area contributed by atoms with Crippen LogP contribution in [0.2, 0.25) is 0 Å². The SMILES string of the molecule is O=S(=O)(C1=Cc2ccccc2OCC1)N1CC[C@@H](O)C1. The van der Waals surface area contributed by atoms with Crippen LogP contribution in [0.5, 0.6) is 5.75 Å². The van der Waals surface area contributed by atoms with Crippen LogP contribution in [-0.4, -0.2) is 43.6 Å². The molecule has 1 saturated heterocycles. The first-order valence-electron chi connectivity index (χ1n) is 6.68. The molecule has 0 radical (unpaired) electrons. The Hall–Kier alpha value is -1.37. The van der Waals surface area contributed by atoms with Crippen LogP contribution in [-0.2, 0) is 10.0 Å². The predicted molar refractivity (Wildman–Crippen MR) is 75.6 cm³/mol. The molecule has 2 aliphatic heterocycles. The molecule has 0 aromatic heterocycles. The maximum Gasteiger partial charge on any atom is 0.239 e. The van der Waals surface area contributed by atoms with Crippen LogP contribution in [0.15, 0.2) is 29.2 Å². The van der Waals surface area contributed by atoms with Gasteiger partial charge in [0.2, 0.25) is 10.0 Å². The molecule has 20 heavy (non-hydrogen) atoms. The molecule has 1 aromatic rings. The van der Waals surface area contributed by atoms with Gasteiger partial charge in [-0.3, -0.25) is 0 Å². The third-order valence-electron chi connectivity index (χ3n) is 3.64. The number of nitrogens with zero attached hydrogens (tertiary/aromatic N) is 1. The number of ether oxygens (including phenoxy) is 1. The molecule has 0 bridgehead atoms. The van der Waals surface area contributed by atoms with Crippen LogP contribution < -0.4 is 4.74 Å². The van der Waals surface area contributed by atoms with E-state index in [-0.39, 0.29) is 6.54 Å². The van der Waals surface area contributed by atoms with E-state index in [0.717, 1.165) is 5.56 Å². The number of para-hydroxylation sites is 1. The summed E-state index contributed by atoms with van der Waals surface area (Å²) in [5.41, 5.74) is 0.781. The van der Waals surface area contributed by atoms with Crippen LogP contribution in [0.25, 0.3) is 6.08 Å². The summed E-state index contributed by atoms with van der Waals surface area (Å²) in [4.78, 5) is 0.358. The third-order valence-corrected chi connectivity index (χ3v) is 5.64. The fourth-order valence-electron chi connectivity index (χ4n) is 2.54. The van der Waals surface area contributed by atoms with Gasteiger partial charge in [-0.15, -0.1) is 0 Å². The van der Waals surface area contributed by atoms with Gasteiger partial charge in [0.1, 0.15) is 5.75 Å². The molecule has 2 heterocycles. The molecule has 2 aliphatic rings. The lowest BCUT2D eigenvalue weighted by molar-refractivity contribution is 0.189. The molecule has 3 rings (SSSR count). The number of rotatable bonds is 2. The Balaban J connectivity index is 1.95. The van der Waals surface area contributed by atoms with Crippen molar-refractivity contribution >= 4 is 16.1 Å². The van der Waals surface area contributed by atoms with Gasteiger partial charge in [0.15, 0.2) is 0 Å². The summed E-state index contributed by atoms with van der Waals surface area (Å²) in [7, 11) is -3.51. The maximum atomic E-state index is 12.6. The summed E-state index contributed by atoms with van der Waals surface area (Å²) < 4.78 is 32.1. The van der Waals surface area contributed by atoms with E-state index in [9.17, 15) is 13.5 Å². The minimum absolute atomic E-state index is 0.183. The number of benzene rings is 1. The van der Waals surface area contributed by atoms with Crippen molar-refractivity contribution < 1.29 is 18.3 Å². The highest BCUT2D eigenvalue weighted by molar-refractivity contribution is 7.93. The van der Waals surface area contributed by atoms with Crippen LogP contribution in [0.3, 0.4) is 0 Å². The third kappa shape index (κ3) is 2.46. The second-order valence-corrected chi connectivity index (χ2v) is 7.04. The molecule has 1 atom stereocenters. The van der Waals surface area contributed by atoms with Crippen molar-refractivity contribution in [2.24, 2.45) is 0 Å². The molecular weight excluding hydrogens is 278 g/mol. The lowest BCUT2D eigenvalue weighted by atomic mass is 10.2. The van der Waals surface area contributed by atoms with Crippen molar-refractivity contribution in [1.29, 1.82) is 0 Å². The van der Waals surface area contributed by atoms with Gasteiger partial charge in [0, 0.05) is 25.1 Å². The van der Waals surface area contributed by atoms with Crippen LogP contribution >= 0.6 is 0 Å². The summed E-state index contributed by atoms with van der Waals surface area (Å²) in [6, 6.07) is 7.40. The number of aliphatic hydroxyl groups excluding tert-OH is 1. The van der Waals surface area contributed by atoms with E-state index >= 15 is 0 Å². The van der Waals surface area contributed by atoms with Crippen molar-refractivity contribution in [1.82, 2.24) is 4.31 Å². The van der Waals surface area contributed by atoms with Crippen LogP contribution in [0, 0.1) is 0 Å². The first-order valence-corrected chi connectivity index (χ1v) is 8.12. The molecule has 0 aliphatic carbocycles. The smallest absolute Gasteiger partial charge is 0.239 e. The Bertz CT molecular complexity index is 638. The number of fused-ring (bicyclic) bond motifs is 1. The van der Waals surface area contributed by atoms with Crippen molar-refractivity contribution in [3.8, 4) is 5.75 Å². The average Bonchev–Trinajstić information content (AvgIpc) is 2.75. The Morgan fingerprint density at radius 3 is 2.85 bits per heavy atom. The van der Waals surface area contributed by atoms with Crippen molar-refractivity contribution in [2.45, 2.75) is 18.9 Å². The van der Waals surface area contributed by atoms with E-state index in [1.54, 1.807) is 6.08 Å². The second kappa shape index (κ2) is 5.20. The fourth-order valence-corrected chi connectivity index (χ4v) is 4.20. The highest BCUT2D eigenvalue weighted by atomic mass is 32.2. The number of β-amino-alcohol motifs (C(OH)–C–C–N with tert-alkyl or cyclic N) is 1. The molecule has 0 spiro atoms. The molecule has 5 nitrogen and oxygen atoms in total. The Kier molecular flexibility index (Phi) is 3.54.